The summed E-state index contributed by atoms with van der Waals surface area (Å²) < 4.78 is 0. The third kappa shape index (κ3) is 4.34. The van der Waals surface area contributed by atoms with Gasteiger partial charge in [0.15, 0.2) is 0 Å². The van der Waals surface area contributed by atoms with Crippen LogP contribution in [0.4, 0.5) is 0 Å². The van der Waals surface area contributed by atoms with Crippen LogP contribution in [0.5, 0.6) is 0 Å². The van der Waals surface area contributed by atoms with Crippen molar-refractivity contribution in [3.63, 3.8) is 0 Å². The number of amides is 1. The number of halogens is 1. The van der Waals surface area contributed by atoms with E-state index in [0.717, 1.165) is 32.1 Å². The molecule has 1 amide bonds. The molecule has 0 saturated heterocycles. The first-order valence-corrected chi connectivity index (χ1v) is 6.06. The maximum Gasteiger partial charge on any atom is 0.338 e. The fourth-order valence-corrected chi connectivity index (χ4v) is 1.92. The molecule has 1 fully saturated rings. The summed E-state index contributed by atoms with van der Waals surface area (Å²) in [6.07, 6.45) is 4.88. The molecule has 0 unspecified atom stereocenters. The Labute approximate surface area is 106 Å². The van der Waals surface area contributed by atoms with Crippen molar-refractivity contribution in [2.75, 3.05) is 14.1 Å². The van der Waals surface area contributed by atoms with Crippen molar-refractivity contribution in [2.24, 2.45) is 11.1 Å². The van der Waals surface area contributed by atoms with Gasteiger partial charge in [0.2, 0.25) is 5.17 Å². The van der Waals surface area contributed by atoms with Crippen LogP contribution in [0.2, 0.25) is 0 Å². The summed E-state index contributed by atoms with van der Waals surface area (Å²) in [5.74, 6) is -0.982. The average molecular weight is 261 g/mol. The summed E-state index contributed by atoms with van der Waals surface area (Å²) in [7, 11) is 3.09. The van der Waals surface area contributed by atoms with Gasteiger partial charge >= 0.3 is 5.97 Å². The van der Waals surface area contributed by atoms with E-state index < -0.39 is 11.9 Å². The van der Waals surface area contributed by atoms with E-state index in [9.17, 15) is 9.59 Å². The number of carbonyl (C=O) groups excluding carboxylic acids is 2. The first kappa shape index (κ1) is 14.0. The van der Waals surface area contributed by atoms with E-state index in [1.54, 1.807) is 14.1 Å². The number of rotatable bonds is 3. The third-order valence-corrected chi connectivity index (χ3v) is 2.97. The normalized spacial score (nSPS) is 17.7. The smallest absolute Gasteiger partial charge is 0.338 e. The Morgan fingerprint density at radius 2 is 1.82 bits per heavy atom. The SMILES string of the molecule is CN(C)C(=O)/C(Cl)=N/OC(=O)C1CCCCC1. The van der Waals surface area contributed by atoms with Crippen LogP contribution in [0.25, 0.3) is 0 Å². The van der Waals surface area contributed by atoms with Gasteiger partial charge in [-0.2, -0.15) is 0 Å². The second kappa shape index (κ2) is 6.59. The Hall–Kier alpha value is -1.10. The standard InChI is InChI=1S/C11H17ClN2O3/c1-14(2)10(15)9(12)13-17-11(16)8-6-4-3-5-7-8/h8H,3-7H2,1-2H3/b13-9-. The molecule has 0 aromatic carbocycles. The fraction of sp³-hybridized carbons (Fsp3) is 0.727. The lowest BCUT2D eigenvalue weighted by Crippen LogP contribution is -2.27. The number of oxime groups is 1. The van der Waals surface area contributed by atoms with Crippen LogP contribution >= 0.6 is 11.6 Å². The van der Waals surface area contributed by atoms with E-state index in [-0.39, 0.29) is 11.1 Å². The van der Waals surface area contributed by atoms with Gasteiger partial charge in [-0.15, -0.1) is 0 Å². The molecule has 0 heterocycles. The maximum atomic E-state index is 11.6. The van der Waals surface area contributed by atoms with Crippen molar-refractivity contribution in [1.29, 1.82) is 0 Å². The Kier molecular flexibility index (Phi) is 5.41. The minimum Gasteiger partial charge on any atom is -0.343 e. The zero-order valence-electron chi connectivity index (χ0n) is 10.1. The van der Waals surface area contributed by atoms with Gasteiger partial charge in [0.1, 0.15) is 0 Å². The molecular formula is C11H17ClN2O3. The van der Waals surface area contributed by atoms with Crippen LogP contribution < -0.4 is 0 Å². The van der Waals surface area contributed by atoms with Crippen molar-refractivity contribution in [3.8, 4) is 0 Å². The van der Waals surface area contributed by atoms with E-state index in [2.05, 4.69) is 9.99 Å². The number of nitrogens with zero attached hydrogens (tertiary/aromatic N) is 2. The first-order valence-electron chi connectivity index (χ1n) is 5.68. The number of hydrogen-bond donors (Lipinski definition) is 0. The van der Waals surface area contributed by atoms with Gasteiger partial charge in [0.25, 0.3) is 5.91 Å². The number of carbonyl (C=O) groups is 2. The zero-order valence-corrected chi connectivity index (χ0v) is 10.9. The van der Waals surface area contributed by atoms with Gasteiger partial charge in [-0.25, -0.2) is 4.79 Å². The molecule has 1 aliphatic rings. The van der Waals surface area contributed by atoms with Crippen LogP contribution in [0.1, 0.15) is 32.1 Å². The highest BCUT2D eigenvalue weighted by Gasteiger charge is 2.23. The van der Waals surface area contributed by atoms with Crippen molar-refractivity contribution in [1.82, 2.24) is 4.90 Å². The first-order chi connectivity index (χ1) is 8.02. The van der Waals surface area contributed by atoms with Crippen LogP contribution in [0.15, 0.2) is 5.16 Å². The van der Waals surface area contributed by atoms with E-state index in [0.29, 0.717) is 0 Å². The zero-order chi connectivity index (χ0) is 12.8. The molecule has 5 nitrogen and oxygen atoms in total. The third-order valence-electron chi connectivity index (χ3n) is 2.74. The minimum atomic E-state index is -0.483. The lowest BCUT2D eigenvalue weighted by Gasteiger charge is -2.18. The topological polar surface area (TPSA) is 59.0 Å². The molecule has 1 saturated carbocycles. The molecule has 0 aromatic rings. The second-order valence-corrected chi connectivity index (χ2v) is 4.68. The van der Waals surface area contributed by atoms with Crippen LogP contribution in [-0.2, 0) is 14.4 Å². The molecule has 6 heteroatoms. The van der Waals surface area contributed by atoms with Crippen molar-refractivity contribution in [2.45, 2.75) is 32.1 Å². The Bertz CT molecular complexity index is 323. The van der Waals surface area contributed by atoms with Crippen LogP contribution in [0.3, 0.4) is 0 Å². The van der Waals surface area contributed by atoms with Gasteiger partial charge in [-0.1, -0.05) is 36.0 Å². The summed E-state index contributed by atoms with van der Waals surface area (Å²) in [5.41, 5.74) is 0. The predicted molar refractivity (Wildman–Crippen MR) is 64.6 cm³/mol. The fourth-order valence-electron chi connectivity index (χ4n) is 1.72. The molecule has 1 aliphatic carbocycles. The van der Waals surface area contributed by atoms with E-state index in [4.69, 9.17) is 11.6 Å². The minimum absolute atomic E-state index is 0.105. The van der Waals surface area contributed by atoms with Crippen molar-refractivity contribution in [3.05, 3.63) is 0 Å². The predicted octanol–water partition coefficient (Wildman–Crippen LogP) is 1.75. The molecule has 0 N–H and O–H groups in total. The molecule has 0 aliphatic heterocycles. The van der Waals surface area contributed by atoms with Crippen molar-refractivity contribution >= 4 is 28.6 Å². The molecule has 1 rings (SSSR count). The Morgan fingerprint density at radius 3 is 2.35 bits per heavy atom. The molecule has 0 radical (unpaired) electrons. The molecular weight excluding hydrogens is 244 g/mol. The molecule has 96 valence electrons. The van der Waals surface area contributed by atoms with E-state index in [1.165, 1.54) is 4.90 Å². The highest BCUT2D eigenvalue weighted by molar-refractivity contribution is 6.82. The molecule has 0 bridgehead atoms. The van der Waals surface area contributed by atoms with E-state index >= 15 is 0 Å². The lowest BCUT2D eigenvalue weighted by atomic mass is 9.89. The van der Waals surface area contributed by atoms with Gasteiger partial charge < -0.3 is 9.74 Å². The van der Waals surface area contributed by atoms with Gasteiger partial charge in [-0.05, 0) is 12.8 Å². The molecule has 0 spiro atoms. The second-order valence-electron chi connectivity index (χ2n) is 4.33. The summed E-state index contributed by atoms with van der Waals surface area (Å²) in [6.45, 7) is 0. The summed E-state index contributed by atoms with van der Waals surface area (Å²) >= 11 is 5.59. The average Bonchev–Trinajstić information content (AvgIpc) is 2.35. The highest BCUT2D eigenvalue weighted by atomic mass is 35.5. The Balaban J connectivity index is 2.45. The van der Waals surface area contributed by atoms with Gasteiger partial charge in [0.05, 0.1) is 5.92 Å². The van der Waals surface area contributed by atoms with Crippen LogP contribution in [0, 0.1) is 5.92 Å². The number of hydrogen-bond acceptors (Lipinski definition) is 4. The summed E-state index contributed by atoms with van der Waals surface area (Å²) in [4.78, 5) is 28.8. The highest BCUT2D eigenvalue weighted by Crippen LogP contribution is 2.24. The summed E-state index contributed by atoms with van der Waals surface area (Å²) in [5, 5.41) is 3.03. The van der Waals surface area contributed by atoms with Gasteiger partial charge in [-0.3, -0.25) is 4.79 Å². The largest absolute Gasteiger partial charge is 0.343 e. The lowest BCUT2D eigenvalue weighted by molar-refractivity contribution is -0.149. The quantitative estimate of drug-likeness (QED) is 0.441. The molecule has 0 aromatic heterocycles. The van der Waals surface area contributed by atoms with Gasteiger partial charge in [0, 0.05) is 14.1 Å². The van der Waals surface area contributed by atoms with Crippen LogP contribution in [-0.4, -0.2) is 36.0 Å². The Morgan fingerprint density at radius 1 is 1.24 bits per heavy atom. The van der Waals surface area contributed by atoms with Crippen molar-refractivity contribution < 1.29 is 14.4 Å². The monoisotopic (exact) mass is 260 g/mol. The molecule has 17 heavy (non-hydrogen) atoms. The maximum absolute atomic E-state index is 11.6. The summed E-state index contributed by atoms with van der Waals surface area (Å²) in [6, 6.07) is 0. The molecule has 0 atom stereocenters. The van der Waals surface area contributed by atoms with E-state index in [1.807, 2.05) is 0 Å².